The molecule has 0 aliphatic carbocycles. The first-order valence-corrected chi connectivity index (χ1v) is 7.70. The van der Waals surface area contributed by atoms with Crippen molar-refractivity contribution in [3.05, 3.63) is 29.8 Å². The standard InChI is InChI=1S/C17H21NO4/c1-2-21-14-4-3-5-15-13(14)6-7-17(22-15)8-10-18(11-9-17)12-16(19)20/h3-7H,2,8-12H2,1H3,(H,19,20). The van der Waals surface area contributed by atoms with Gasteiger partial charge in [-0.3, -0.25) is 9.69 Å². The van der Waals surface area contributed by atoms with Crippen LogP contribution in [0, 0.1) is 0 Å². The van der Waals surface area contributed by atoms with Gasteiger partial charge in [-0.05, 0) is 31.2 Å². The quantitative estimate of drug-likeness (QED) is 0.925. The second-order valence-corrected chi connectivity index (χ2v) is 5.77. The van der Waals surface area contributed by atoms with E-state index in [0.717, 1.165) is 43.0 Å². The molecule has 0 aromatic heterocycles. The minimum atomic E-state index is -0.775. The Balaban J connectivity index is 1.74. The highest BCUT2D eigenvalue weighted by molar-refractivity contribution is 5.69. The van der Waals surface area contributed by atoms with Crippen molar-refractivity contribution in [2.24, 2.45) is 0 Å². The first-order chi connectivity index (χ1) is 10.6. The topological polar surface area (TPSA) is 59.0 Å². The molecule has 0 radical (unpaired) electrons. The molecule has 0 atom stereocenters. The lowest BCUT2D eigenvalue weighted by Gasteiger charge is -2.41. The molecule has 2 heterocycles. The second kappa shape index (κ2) is 6.01. The Labute approximate surface area is 130 Å². The van der Waals surface area contributed by atoms with Gasteiger partial charge in [-0.25, -0.2) is 0 Å². The Bertz CT molecular complexity index is 588. The number of piperidine rings is 1. The zero-order valence-corrected chi connectivity index (χ0v) is 12.7. The van der Waals surface area contributed by atoms with Crippen LogP contribution in [0.3, 0.4) is 0 Å². The number of carbonyl (C=O) groups is 1. The van der Waals surface area contributed by atoms with E-state index < -0.39 is 5.97 Å². The fraction of sp³-hybridized carbons (Fsp3) is 0.471. The average molecular weight is 303 g/mol. The molecule has 22 heavy (non-hydrogen) atoms. The summed E-state index contributed by atoms with van der Waals surface area (Å²) in [5.74, 6) is 0.914. The minimum Gasteiger partial charge on any atom is -0.493 e. The molecule has 0 bridgehead atoms. The van der Waals surface area contributed by atoms with E-state index in [1.54, 1.807) is 0 Å². The Morgan fingerprint density at radius 2 is 2.18 bits per heavy atom. The summed E-state index contributed by atoms with van der Waals surface area (Å²) in [5, 5.41) is 8.88. The van der Waals surface area contributed by atoms with E-state index in [-0.39, 0.29) is 12.1 Å². The predicted molar refractivity (Wildman–Crippen MR) is 83.3 cm³/mol. The van der Waals surface area contributed by atoms with Crippen molar-refractivity contribution < 1.29 is 19.4 Å². The highest BCUT2D eigenvalue weighted by Gasteiger charge is 2.37. The van der Waals surface area contributed by atoms with Crippen molar-refractivity contribution >= 4 is 12.0 Å². The van der Waals surface area contributed by atoms with Gasteiger partial charge in [0.15, 0.2) is 0 Å². The molecule has 1 saturated heterocycles. The van der Waals surface area contributed by atoms with Crippen molar-refractivity contribution in [1.29, 1.82) is 0 Å². The van der Waals surface area contributed by atoms with E-state index in [9.17, 15) is 4.79 Å². The van der Waals surface area contributed by atoms with Gasteiger partial charge in [0.2, 0.25) is 0 Å². The van der Waals surface area contributed by atoms with Crippen molar-refractivity contribution in [3.8, 4) is 11.5 Å². The molecular formula is C17H21NO4. The normalized spacial score (nSPS) is 19.5. The van der Waals surface area contributed by atoms with E-state index in [0.29, 0.717) is 6.61 Å². The average Bonchev–Trinajstić information content (AvgIpc) is 2.50. The number of hydrogen-bond donors (Lipinski definition) is 1. The lowest BCUT2D eigenvalue weighted by atomic mass is 9.88. The fourth-order valence-corrected chi connectivity index (χ4v) is 3.10. The number of nitrogens with zero attached hydrogens (tertiary/aromatic N) is 1. The summed E-state index contributed by atoms with van der Waals surface area (Å²) < 4.78 is 11.9. The number of ether oxygens (including phenoxy) is 2. The molecule has 5 nitrogen and oxygen atoms in total. The van der Waals surface area contributed by atoms with Gasteiger partial charge in [0.25, 0.3) is 0 Å². The third-order valence-electron chi connectivity index (χ3n) is 4.25. The molecule has 1 spiro atoms. The smallest absolute Gasteiger partial charge is 0.317 e. The van der Waals surface area contributed by atoms with Gasteiger partial charge < -0.3 is 14.6 Å². The lowest BCUT2D eigenvalue weighted by Crippen LogP contribution is -2.48. The van der Waals surface area contributed by atoms with E-state index in [2.05, 4.69) is 12.2 Å². The molecule has 0 saturated carbocycles. The van der Waals surface area contributed by atoms with Gasteiger partial charge in [0.05, 0.1) is 18.7 Å². The summed E-state index contributed by atoms with van der Waals surface area (Å²) in [6, 6.07) is 5.85. The van der Waals surface area contributed by atoms with Gasteiger partial charge in [-0.15, -0.1) is 0 Å². The maximum atomic E-state index is 10.8. The van der Waals surface area contributed by atoms with Gasteiger partial charge >= 0.3 is 5.97 Å². The van der Waals surface area contributed by atoms with Crippen molar-refractivity contribution in [2.45, 2.75) is 25.4 Å². The Morgan fingerprint density at radius 3 is 2.86 bits per heavy atom. The summed E-state index contributed by atoms with van der Waals surface area (Å²) >= 11 is 0. The number of rotatable bonds is 4. The van der Waals surface area contributed by atoms with Crippen LogP contribution in [0.5, 0.6) is 11.5 Å². The minimum absolute atomic E-state index is 0.102. The number of likely N-dealkylation sites (tertiary alicyclic amines) is 1. The van der Waals surface area contributed by atoms with E-state index in [1.807, 2.05) is 30.0 Å². The van der Waals surface area contributed by atoms with Crippen LogP contribution < -0.4 is 9.47 Å². The Hall–Kier alpha value is -2.01. The number of fused-ring (bicyclic) bond motifs is 1. The third-order valence-corrected chi connectivity index (χ3v) is 4.25. The third kappa shape index (κ3) is 2.95. The predicted octanol–water partition coefficient (Wildman–Crippen LogP) is 2.41. The summed E-state index contributed by atoms with van der Waals surface area (Å²) in [5.41, 5.74) is 0.676. The molecule has 0 unspecified atom stereocenters. The highest BCUT2D eigenvalue weighted by Crippen LogP contribution is 2.40. The molecule has 0 amide bonds. The van der Waals surface area contributed by atoms with E-state index in [4.69, 9.17) is 14.6 Å². The van der Waals surface area contributed by atoms with E-state index in [1.165, 1.54) is 0 Å². The summed E-state index contributed by atoms with van der Waals surface area (Å²) in [6.45, 7) is 4.16. The largest absolute Gasteiger partial charge is 0.493 e. The molecular weight excluding hydrogens is 282 g/mol. The Kier molecular flexibility index (Phi) is 4.07. The number of hydrogen-bond acceptors (Lipinski definition) is 4. The SMILES string of the molecule is CCOc1cccc2c1C=CC1(CCN(CC(=O)O)CC1)O2. The molecule has 2 aliphatic heterocycles. The van der Waals surface area contributed by atoms with Gasteiger partial charge in [0.1, 0.15) is 17.1 Å². The van der Waals surface area contributed by atoms with Gasteiger partial charge in [0, 0.05) is 25.9 Å². The molecule has 1 aromatic carbocycles. The van der Waals surface area contributed by atoms with Crippen LogP contribution in [0.1, 0.15) is 25.3 Å². The monoisotopic (exact) mass is 303 g/mol. The van der Waals surface area contributed by atoms with Crippen molar-refractivity contribution in [2.75, 3.05) is 26.2 Å². The summed E-state index contributed by atoms with van der Waals surface area (Å²) in [4.78, 5) is 12.8. The second-order valence-electron chi connectivity index (χ2n) is 5.77. The zero-order chi connectivity index (χ0) is 15.6. The maximum Gasteiger partial charge on any atom is 0.317 e. The van der Waals surface area contributed by atoms with Crippen LogP contribution in [0.15, 0.2) is 24.3 Å². The summed E-state index contributed by atoms with van der Waals surface area (Å²) in [7, 11) is 0. The van der Waals surface area contributed by atoms with Gasteiger partial charge in [-0.2, -0.15) is 0 Å². The molecule has 118 valence electrons. The molecule has 1 fully saturated rings. The van der Waals surface area contributed by atoms with Crippen molar-refractivity contribution in [1.82, 2.24) is 4.90 Å². The molecule has 2 aliphatic rings. The van der Waals surface area contributed by atoms with Crippen LogP contribution in [-0.4, -0.2) is 47.8 Å². The lowest BCUT2D eigenvalue weighted by molar-refractivity contribution is -0.139. The Morgan fingerprint density at radius 1 is 1.41 bits per heavy atom. The van der Waals surface area contributed by atoms with Crippen LogP contribution in [0.25, 0.3) is 6.08 Å². The maximum absolute atomic E-state index is 10.8. The number of aliphatic carboxylic acids is 1. The highest BCUT2D eigenvalue weighted by atomic mass is 16.5. The molecule has 3 rings (SSSR count). The summed E-state index contributed by atoms with van der Waals surface area (Å²) in [6.07, 6.45) is 5.79. The fourth-order valence-electron chi connectivity index (χ4n) is 3.10. The molecule has 1 aromatic rings. The zero-order valence-electron chi connectivity index (χ0n) is 12.7. The number of carboxylic acid groups (broad SMARTS) is 1. The van der Waals surface area contributed by atoms with Crippen molar-refractivity contribution in [3.63, 3.8) is 0 Å². The number of carboxylic acids is 1. The van der Waals surface area contributed by atoms with E-state index >= 15 is 0 Å². The van der Waals surface area contributed by atoms with Crippen LogP contribution >= 0.6 is 0 Å². The van der Waals surface area contributed by atoms with Gasteiger partial charge in [-0.1, -0.05) is 6.07 Å². The first-order valence-electron chi connectivity index (χ1n) is 7.70. The number of benzene rings is 1. The van der Waals surface area contributed by atoms with Crippen LogP contribution in [-0.2, 0) is 4.79 Å². The van der Waals surface area contributed by atoms with Crippen LogP contribution in [0.2, 0.25) is 0 Å². The molecule has 1 N–H and O–H groups in total. The molecule has 5 heteroatoms. The first kappa shape index (κ1) is 14.9. The van der Waals surface area contributed by atoms with Crippen LogP contribution in [0.4, 0.5) is 0 Å².